The van der Waals surface area contributed by atoms with E-state index in [4.69, 9.17) is 9.47 Å². The first-order chi connectivity index (χ1) is 13.9. The molecule has 1 aromatic heterocycles. The van der Waals surface area contributed by atoms with Crippen LogP contribution in [-0.4, -0.2) is 54.3 Å². The number of nitrogens with one attached hydrogen (secondary N) is 2. The van der Waals surface area contributed by atoms with E-state index in [1.54, 1.807) is 14.2 Å². The maximum Gasteiger partial charge on any atom is 0.276 e. The number of nitrogens with zero attached hydrogens (tertiary/aromatic N) is 2. The van der Waals surface area contributed by atoms with E-state index < -0.39 is 10.2 Å². The van der Waals surface area contributed by atoms with E-state index >= 15 is 0 Å². The molecule has 1 atom stereocenters. The van der Waals surface area contributed by atoms with Gasteiger partial charge in [-0.15, -0.1) is 0 Å². The van der Waals surface area contributed by atoms with Gasteiger partial charge >= 0.3 is 0 Å². The molecule has 1 aromatic carbocycles. The predicted molar refractivity (Wildman–Crippen MR) is 115 cm³/mol. The molecule has 0 radical (unpaired) electrons. The minimum atomic E-state index is -3.38. The maximum absolute atomic E-state index is 11.6. The lowest BCUT2D eigenvalue weighted by atomic mass is 9.85. The lowest BCUT2D eigenvalue weighted by molar-refractivity contribution is 0.293. The van der Waals surface area contributed by atoms with Gasteiger partial charge < -0.3 is 14.4 Å². The standard InChI is InChI=1S/C20H30N4O4S/c1-14(13-23-29(25,26)21-2)15-6-9-24(10-7-15)18-5-8-22-17-12-20(28-4)19(27-3)11-16(17)18/h5,8,11-12,14-15,21,23H,6-7,9-10,13H2,1-4H3. The van der Waals surface area contributed by atoms with Crippen LogP contribution in [0.5, 0.6) is 11.5 Å². The fourth-order valence-electron chi connectivity index (χ4n) is 3.92. The summed E-state index contributed by atoms with van der Waals surface area (Å²) in [5.74, 6) is 2.11. The summed E-state index contributed by atoms with van der Waals surface area (Å²) in [4.78, 5) is 6.86. The summed E-state index contributed by atoms with van der Waals surface area (Å²) in [7, 11) is 1.28. The van der Waals surface area contributed by atoms with Gasteiger partial charge in [0.15, 0.2) is 11.5 Å². The number of benzene rings is 1. The molecule has 3 rings (SSSR count). The van der Waals surface area contributed by atoms with Gasteiger partial charge in [-0.1, -0.05) is 6.92 Å². The molecule has 29 heavy (non-hydrogen) atoms. The molecule has 0 aliphatic carbocycles. The molecule has 2 aromatic rings. The topological polar surface area (TPSA) is 92.8 Å². The SMILES string of the molecule is CNS(=O)(=O)NCC(C)C1CCN(c2ccnc3cc(OC)c(OC)cc23)CC1. The monoisotopic (exact) mass is 422 g/mol. The molecule has 0 saturated carbocycles. The first-order valence-electron chi connectivity index (χ1n) is 9.82. The Morgan fingerprint density at radius 2 is 1.86 bits per heavy atom. The zero-order valence-corrected chi connectivity index (χ0v) is 18.3. The van der Waals surface area contributed by atoms with Crippen molar-refractivity contribution in [2.24, 2.45) is 11.8 Å². The Balaban J connectivity index is 1.71. The summed E-state index contributed by atoms with van der Waals surface area (Å²) >= 11 is 0. The van der Waals surface area contributed by atoms with E-state index in [1.807, 2.05) is 24.4 Å². The summed E-state index contributed by atoms with van der Waals surface area (Å²) in [6, 6.07) is 5.93. The Labute approximate surface area is 172 Å². The number of aromatic nitrogens is 1. The number of ether oxygens (including phenoxy) is 2. The van der Waals surface area contributed by atoms with E-state index in [0.29, 0.717) is 24.0 Å². The Morgan fingerprint density at radius 3 is 2.48 bits per heavy atom. The maximum atomic E-state index is 11.6. The minimum absolute atomic E-state index is 0.277. The average Bonchev–Trinajstić information content (AvgIpc) is 2.76. The number of piperidine rings is 1. The Hall–Kier alpha value is -2.10. The van der Waals surface area contributed by atoms with Crippen LogP contribution in [0.15, 0.2) is 24.4 Å². The minimum Gasteiger partial charge on any atom is -0.493 e. The molecule has 0 spiro atoms. The van der Waals surface area contributed by atoms with Crippen LogP contribution in [0, 0.1) is 11.8 Å². The molecule has 160 valence electrons. The molecule has 9 heteroatoms. The van der Waals surface area contributed by atoms with Crippen molar-refractivity contribution in [3.63, 3.8) is 0 Å². The van der Waals surface area contributed by atoms with Gasteiger partial charge in [-0.3, -0.25) is 4.98 Å². The average molecular weight is 423 g/mol. The van der Waals surface area contributed by atoms with Crippen LogP contribution >= 0.6 is 0 Å². The van der Waals surface area contributed by atoms with Crippen molar-refractivity contribution in [2.75, 3.05) is 45.8 Å². The molecule has 1 unspecified atom stereocenters. The highest BCUT2D eigenvalue weighted by Gasteiger charge is 2.26. The van der Waals surface area contributed by atoms with Gasteiger partial charge in [0.25, 0.3) is 10.2 Å². The molecular formula is C20H30N4O4S. The highest BCUT2D eigenvalue weighted by molar-refractivity contribution is 7.87. The highest BCUT2D eigenvalue weighted by atomic mass is 32.2. The van der Waals surface area contributed by atoms with Crippen LogP contribution in [0.3, 0.4) is 0 Å². The van der Waals surface area contributed by atoms with E-state index in [2.05, 4.69) is 26.3 Å². The van der Waals surface area contributed by atoms with Gasteiger partial charge in [-0.2, -0.15) is 8.42 Å². The summed E-state index contributed by atoms with van der Waals surface area (Å²) in [5, 5.41) is 1.04. The molecule has 0 amide bonds. The quantitative estimate of drug-likeness (QED) is 0.677. The Morgan fingerprint density at radius 1 is 1.21 bits per heavy atom. The van der Waals surface area contributed by atoms with Crippen LogP contribution in [0.4, 0.5) is 5.69 Å². The number of anilines is 1. The van der Waals surface area contributed by atoms with Gasteiger partial charge in [0, 0.05) is 50.0 Å². The van der Waals surface area contributed by atoms with Crippen molar-refractivity contribution >= 4 is 26.8 Å². The molecule has 1 aliphatic rings. The zero-order valence-electron chi connectivity index (χ0n) is 17.4. The van der Waals surface area contributed by atoms with Crippen LogP contribution < -0.4 is 23.8 Å². The van der Waals surface area contributed by atoms with E-state index in [9.17, 15) is 8.42 Å². The summed E-state index contributed by atoms with van der Waals surface area (Å²) < 4.78 is 38.9. The number of hydrogen-bond donors (Lipinski definition) is 2. The molecule has 8 nitrogen and oxygen atoms in total. The van der Waals surface area contributed by atoms with Gasteiger partial charge in [-0.05, 0) is 36.8 Å². The second-order valence-corrected chi connectivity index (χ2v) is 9.12. The summed E-state index contributed by atoms with van der Waals surface area (Å²) in [6.07, 6.45) is 3.85. The largest absolute Gasteiger partial charge is 0.493 e. The summed E-state index contributed by atoms with van der Waals surface area (Å²) in [5.41, 5.74) is 2.01. The third kappa shape index (κ3) is 4.91. The van der Waals surface area contributed by atoms with Crippen molar-refractivity contribution in [1.82, 2.24) is 14.4 Å². The van der Waals surface area contributed by atoms with Gasteiger partial charge in [0.2, 0.25) is 0 Å². The normalized spacial score (nSPS) is 16.8. The van der Waals surface area contributed by atoms with Crippen LogP contribution in [0.25, 0.3) is 10.9 Å². The van der Waals surface area contributed by atoms with Crippen LogP contribution in [-0.2, 0) is 10.2 Å². The first-order valence-corrected chi connectivity index (χ1v) is 11.3. The third-order valence-corrected chi connectivity index (χ3v) is 6.86. The van der Waals surface area contributed by atoms with E-state index in [-0.39, 0.29) is 5.92 Å². The fraction of sp³-hybridized carbons (Fsp3) is 0.550. The first kappa shape index (κ1) is 21.6. The van der Waals surface area contributed by atoms with Crippen molar-refractivity contribution < 1.29 is 17.9 Å². The highest BCUT2D eigenvalue weighted by Crippen LogP contribution is 2.37. The molecule has 2 heterocycles. The second kappa shape index (κ2) is 9.15. The number of methoxy groups -OCH3 is 2. The van der Waals surface area contributed by atoms with Gasteiger partial charge in [0.05, 0.1) is 19.7 Å². The van der Waals surface area contributed by atoms with Crippen LogP contribution in [0.1, 0.15) is 19.8 Å². The molecular weight excluding hydrogens is 392 g/mol. The van der Waals surface area contributed by atoms with Crippen molar-refractivity contribution in [3.05, 3.63) is 24.4 Å². The smallest absolute Gasteiger partial charge is 0.276 e. The number of pyridine rings is 1. The fourth-order valence-corrected chi connectivity index (χ4v) is 4.55. The van der Waals surface area contributed by atoms with Gasteiger partial charge in [-0.25, -0.2) is 9.44 Å². The molecule has 2 N–H and O–H groups in total. The van der Waals surface area contributed by atoms with Crippen molar-refractivity contribution in [2.45, 2.75) is 19.8 Å². The van der Waals surface area contributed by atoms with E-state index in [0.717, 1.165) is 42.5 Å². The second-order valence-electron chi connectivity index (χ2n) is 7.41. The van der Waals surface area contributed by atoms with Crippen LogP contribution in [0.2, 0.25) is 0 Å². The molecule has 1 saturated heterocycles. The Kier molecular flexibility index (Phi) is 6.81. The Bertz CT molecular complexity index is 943. The molecule has 1 fully saturated rings. The lowest BCUT2D eigenvalue weighted by Crippen LogP contribution is -2.41. The zero-order chi connectivity index (χ0) is 21.0. The van der Waals surface area contributed by atoms with E-state index in [1.165, 1.54) is 7.05 Å². The number of fused-ring (bicyclic) bond motifs is 1. The molecule has 1 aliphatic heterocycles. The summed E-state index contributed by atoms with van der Waals surface area (Å²) in [6.45, 7) is 4.39. The lowest BCUT2D eigenvalue weighted by Gasteiger charge is -2.36. The van der Waals surface area contributed by atoms with Crippen molar-refractivity contribution in [1.29, 1.82) is 0 Å². The molecule has 0 bridgehead atoms. The third-order valence-electron chi connectivity index (χ3n) is 5.77. The van der Waals surface area contributed by atoms with Crippen molar-refractivity contribution in [3.8, 4) is 11.5 Å². The number of hydrogen-bond acceptors (Lipinski definition) is 6. The number of rotatable bonds is 8. The van der Waals surface area contributed by atoms with Gasteiger partial charge in [0.1, 0.15) is 0 Å². The predicted octanol–water partition coefficient (Wildman–Crippen LogP) is 2.16.